The third kappa shape index (κ3) is 9.20. The maximum atomic E-state index is 12.1. The second-order valence-electron chi connectivity index (χ2n) is 8.20. The van der Waals surface area contributed by atoms with Crippen molar-refractivity contribution in [1.82, 2.24) is 0 Å². The van der Waals surface area contributed by atoms with Crippen molar-refractivity contribution in [3.05, 3.63) is 131 Å². The third-order valence-electron chi connectivity index (χ3n) is 5.28. The van der Waals surface area contributed by atoms with Crippen LogP contribution in [0, 0.1) is 6.92 Å². The molecule has 0 unspecified atom stereocenters. The predicted molar refractivity (Wildman–Crippen MR) is 141 cm³/mol. The molecule has 0 radical (unpaired) electrons. The van der Waals surface area contributed by atoms with Crippen molar-refractivity contribution < 1.29 is 27.2 Å². The number of carbonyl (C=O) groups excluding carboxylic acids is 1. The molecule has 0 bridgehead atoms. The van der Waals surface area contributed by atoms with E-state index in [1.54, 1.807) is 24.3 Å². The lowest BCUT2D eigenvalue weighted by Gasteiger charge is -2.13. The number of rotatable bonds is 8. The van der Waals surface area contributed by atoms with E-state index in [2.05, 4.69) is 0 Å². The van der Waals surface area contributed by atoms with E-state index >= 15 is 0 Å². The summed E-state index contributed by atoms with van der Waals surface area (Å²) in [5.74, 6) is 0.272. The van der Waals surface area contributed by atoms with Crippen LogP contribution in [0.1, 0.15) is 28.3 Å². The molecule has 0 amide bonds. The lowest BCUT2D eigenvalue weighted by atomic mass is 10.1. The van der Waals surface area contributed by atoms with Gasteiger partial charge >= 0.3 is 5.97 Å². The largest absolute Gasteiger partial charge is 0.489 e. The lowest BCUT2D eigenvalue weighted by molar-refractivity contribution is -0.146. The van der Waals surface area contributed by atoms with Crippen LogP contribution < -0.4 is 10.5 Å². The fourth-order valence-corrected chi connectivity index (χ4v) is 3.66. The molecule has 7 nitrogen and oxygen atoms in total. The van der Waals surface area contributed by atoms with Gasteiger partial charge in [0.15, 0.2) is 0 Å². The summed E-state index contributed by atoms with van der Waals surface area (Å²) in [6, 6.07) is 31.8. The first-order valence-corrected chi connectivity index (χ1v) is 12.9. The van der Waals surface area contributed by atoms with Crippen molar-refractivity contribution in [2.24, 2.45) is 5.73 Å². The van der Waals surface area contributed by atoms with Gasteiger partial charge in [-0.2, -0.15) is 8.42 Å². The lowest BCUT2D eigenvalue weighted by Crippen LogP contribution is -2.23. The van der Waals surface area contributed by atoms with Gasteiger partial charge in [0, 0.05) is 0 Å². The Bertz CT molecular complexity index is 1360. The van der Waals surface area contributed by atoms with Crippen LogP contribution in [-0.4, -0.2) is 18.9 Å². The maximum Gasteiger partial charge on any atom is 0.327 e. The molecule has 0 heterocycles. The normalized spacial score (nSPS) is 11.5. The summed E-state index contributed by atoms with van der Waals surface area (Å²) < 4.78 is 40.6. The van der Waals surface area contributed by atoms with Crippen LogP contribution in [0.25, 0.3) is 0 Å². The smallest absolute Gasteiger partial charge is 0.327 e. The van der Waals surface area contributed by atoms with Crippen molar-refractivity contribution in [1.29, 1.82) is 0 Å². The second-order valence-corrected chi connectivity index (χ2v) is 9.62. The molecule has 0 spiro atoms. The summed E-state index contributed by atoms with van der Waals surface area (Å²) in [6.07, 6.45) is 0. The van der Waals surface area contributed by atoms with Gasteiger partial charge in [0.25, 0.3) is 10.1 Å². The molecule has 1 atom stereocenters. The van der Waals surface area contributed by atoms with Crippen LogP contribution in [0.2, 0.25) is 0 Å². The topological polar surface area (TPSA) is 116 Å². The highest BCUT2D eigenvalue weighted by atomic mass is 32.2. The minimum Gasteiger partial charge on any atom is -0.489 e. The Morgan fingerprint density at radius 3 is 1.81 bits per heavy atom. The second kappa shape index (κ2) is 13.4. The molecule has 4 aromatic rings. The van der Waals surface area contributed by atoms with Crippen LogP contribution in [0.4, 0.5) is 0 Å². The minimum absolute atomic E-state index is 0.0666. The quantitative estimate of drug-likeness (QED) is 0.241. The SMILES string of the molecule is Cc1ccc(S(=O)(=O)O)cc1.N[C@H](C(=O)OCc1ccccc1)c1ccc(OCc2ccccc2)cc1. The van der Waals surface area contributed by atoms with Gasteiger partial charge in [-0.3, -0.25) is 4.55 Å². The monoisotopic (exact) mass is 519 g/mol. The van der Waals surface area contributed by atoms with Gasteiger partial charge in [0.05, 0.1) is 4.90 Å². The summed E-state index contributed by atoms with van der Waals surface area (Å²) >= 11 is 0. The van der Waals surface area contributed by atoms with E-state index < -0.39 is 22.1 Å². The first-order chi connectivity index (χ1) is 17.7. The number of benzene rings is 4. The van der Waals surface area contributed by atoms with Gasteiger partial charge in [-0.1, -0.05) is 90.5 Å². The van der Waals surface area contributed by atoms with E-state index in [1.807, 2.05) is 79.7 Å². The molecule has 0 aromatic heterocycles. The Hall–Kier alpha value is -3.98. The number of ether oxygens (including phenoxy) is 2. The summed E-state index contributed by atoms with van der Waals surface area (Å²) in [4.78, 5) is 12.1. The van der Waals surface area contributed by atoms with E-state index in [0.29, 0.717) is 12.2 Å². The molecule has 0 saturated heterocycles. The van der Waals surface area contributed by atoms with E-state index in [9.17, 15) is 13.2 Å². The Kier molecular flexibility index (Phi) is 9.97. The summed E-state index contributed by atoms with van der Waals surface area (Å²) in [6.45, 7) is 2.55. The number of aryl methyl sites for hydroxylation is 1. The Balaban J connectivity index is 0.000000289. The zero-order valence-corrected chi connectivity index (χ0v) is 21.2. The first-order valence-electron chi connectivity index (χ1n) is 11.5. The third-order valence-corrected chi connectivity index (χ3v) is 6.15. The van der Waals surface area contributed by atoms with Crippen LogP contribution >= 0.6 is 0 Å². The van der Waals surface area contributed by atoms with Crippen molar-refractivity contribution in [3.63, 3.8) is 0 Å². The van der Waals surface area contributed by atoms with E-state index in [4.69, 9.17) is 19.8 Å². The maximum absolute atomic E-state index is 12.1. The number of hydrogen-bond donors (Lipinski definition) is 2. The number of hydrogen-bond acceptors (Lipinski definition) is 6. The Labute approximate surface area is 217 Å². The van der Waals surface area contributed by atoms with Gasteiger partial charge in [-0.25, -0.2) is 4.79 Å². The van der Waals surface area contributed by atoms with Crippen LogP contribution in [0.3, 0.4) is 0 Å². The molecule has 3 N–H and O–H groups in total. The molecule has 0 aliphatic heterocycles. The van der Waals surface area contributed by atoms with Gasteiger partial charge in [0.2, 0.25) is 0 Å². The minimum atomic E-state index is -4.02. The molecule has 0 aliphatic rings. The van der Waals surface area contributed by atoms with Gasteiger partial charge in [0.1, 0.15) is 25.0 Å². The predicted octanol–water partition coefficient (Wildman–Crippen LogP) is 5.25. The van der Waals surface area contributed by atoms with Crippen molar-refractivity contribution >= 4 is 16.1 Å². The molecule has 0 fully saturated rings. The molecule has 8 heteroatoms. The first kappa shape index (κ1) is 27.6. The van der Waals surface area contributed by atoms with Gasteiger partial charge in [-0.15, -0.1) is 0 Å². The van der Waals surface area contributed by atoms with Crippen molar-refractivity contribution in [2.75, 3.05) is 0 Å². The van der Waals surface area contributed by atoms with Crippen molar-refractivity contribution in [2.45, 2.75) is 31.1 Å². The number of carbonyl (C=O) groups is 1. The highest BCUT2D eigenvalue weighted by molar-refractivity contribution is 7.85. The van der Waals surface area contributed by atoms with Gasteiger partial charge in [-0.05, 0) is 47.9 Å². The summed E-state index contributed by atoms with van der Waals surface area (Å²) in [7, 11) is -4.02. The molecule has 4 rings (SSSR count). The molecule has 0 saturated carbocycles. The number of nitrogens with two attached hydrogens (primary N) is 1. The fraction of sp³-hybridized carbons (Fsp3) is 0.138. The average Bonchev–Trinajstić information content (AvgIpc) is 2.92. The number of esters is 1. The van der Waals surface area contributed by atoms with E-state index in [0.717, 1.165) is 22.4 Å². The molecule has 192 valence electrons. The zero-order chi connectivity index (χ0) is 26.7. The Morgan fingerprint density at radius 1 is 0.784 bits per heavy atom. The molecular formula is C29H29NO6S. The highest BCUT2D eigenvalue weighted by Crippen LogP contribution is 2.19. The fourth-order valence-electron chi connectivity index (χ4n) is 3.18. The Morgan fingerprint density at radius 2 is 1.30 bits per heavy atom. The molecular weight excluding hydrogens is 490 g/mol. The van der Waals surface area contributed by atoms with E-state index in [-0.39, 0.29) is 11.5 Å². The molecule has 37 heavy (non-hydrogen) atoms. The van der Waals surface area contributed by atoms with Crippen molar-refractivity contribution in [3.8, 4) is 5.75 Å². The summed E-state index contributed by atoms with van der Waals surface area (Å²) in [5.41, 5.74) is 9.67. The standard InChI is InChI=1S/C22H21NO3.C7H8O3S/c23-21(22(24)26-16-18-9-5-2-6-10-18)19-11-13-20(14-12-19)25-15-17-7-3-1-4-8-17;1-6-2-4-7(5-3-6)11(8,9)10/h1-14,21H,15-16,23H2;2-5H,1H3,(H,8,9,10)/t21-;/m0./s1. The summed E-state index contributed by atoms with van der Waals surface area (Å²) in [5, 5.41) is 0. The molecule has 4 aromatic carbocycles. The van der Waals surface area contributed by atoms with E-state index in [1.165, 1.54) is 12.1 Å². The van der Waals surface area contributed by atoms with Crippen LogP contribution in [0.15, 0.2) is 114 Å². The molecule has 0 aliphatic carbocycles. The van der Waals surface area contributed by atoms with Crippen LogP contribution in [0.5, 0.6) is 5.75 Å². The van der Waals surface area contributed by atoms with Crippen LogP contribution in [-0.2, 0) is 32.9 Å². The average molecular weight is 520 g/mol. The zero-order valence-electron chi connectivity index (χ0n) is 20.4. The van der Waals surface area contributed by atoms with Gasteiger partial charge < -0.3 is 15.2 Å². The highest BCUT2D eigenvalue weighted by Gasteiger charge is 2.17.